The predicted octanol–water partition coefficient (Wildman–Crippen LogP) is 2.15. The van der Waals surface area contributed by atoms with Crippen LogP contribution >= 0.6 is 0 Å². The largest absolute Gasteiger partial charge is 0.469 e. The minimum absolute atomic E-state index is 0.0875. The highest BCUT2D eigenvalue weighted by Crippen LogP contribution is 2.23. The van der Waals surface area contributed by atoms with Crippen LogP contribution in [0.1, 0.15) is 51.2 Å². The third kappa shape index (κ3) is 7.07. The lowest BCUT2D eigenvalue weighted by Crippen LogP contribution is -2.53. The van der Waals surface area contributed by atoms with Gasteiger partial charge in [0.15, 0.2) is 5.96 Å². The molecule has 3 rings (SSSR count). The first-order chi connectivity index (χ1) is 14.1. The fourth-order valence-corrected chi connectivity index (χ4v) is 4.28. The summed E-state index contributed by atoms with van der Waals surface area (Å²) >= 11 is 0. The molecule has 1 aromatic heterocycles. The summed E-state index contributed by atoms with van der Waals surface area (Å²) in [5.41, 5.74) is 0. The highest BCUT2D eigenvalue weighted by molar-refractivity contribution is 5.80. The van der Waals surface area contributed by atoms with Crippen molar-refractivity contribution in [3.05, 3.63) is 24.2 Å². The summed E-state index contributed by atoms with van der Waals surface area (Å²) in [7, 11) is 1.69. The fourth-order valence-electron chi connectivity index (χ4n) is 4.28. The van der Waals surface area contributed by atoms with E-state index in [1.807, 2.05) is 12.1 Å². The molecule has 1 aromatic rings. The van der Waals surface area contributed by atoms with Gasteiger partial charge in [-0.1, -0.05) is 19.8 Å². The van der Waals surface area contributed by atoms with Crippen LogP contribution in [-0.2, 0) is 11.2 Å². The molecular formula is C22H37N5O2. The van der Waals surface area contributed by atoms with Gasteiger partial charge in [0.25, 0.3) is 0 Å². The highest BCUT2D eigenvalue weighted by Gasteiger charge is 2.25. The van der Waals surface area contributed by atoms with E-state index in [0.29, 0.717) is 31.1 Å². The number of furan rings is 1. The Kier molecular flexibility index (Phi) is 8.40. The van der Waals surface area contributed by atoms with Crippen molar-refractivity contribution in [2.45, 2.75) is 64.0 Å². The first-order valence-corrected chi connectivity index (χ1v) is 11.2. The molecule has 0 spiro atoms. The number of carbonyl (C=O) groups is 1. The van der Waals surface area contributed by atoms with Crippen LogP contribution in [0.5, 0.6) is 0 Å². The van der Waals surface area contributed by atoms with Crippen molar-refractivity contribution in [1.82, 2.24) is 20.9 Å². The quantitative estimate of drug-likeness (QED) is 0.480. The van der Waals surface area contributed by atoms with Gasteiger partial charge in [0, 0.05) is 45.2 Å². The third-order valence-corrected chi connectivity index (χ3v) is 6.22. The molecular weight excluding hydrogens is 366 g/mol. The second kappa shape index (κ2) is 11.2. The van der Waals surface area contributed by atoms with Crippen LogP contribution in [0.2, 0.25) is 0 Å². The number of guanidine groups is 1. The number of likely N-dealkylation sites (N-methyl/N-ethyl adjacent to an activating group) is 1. The Labute approximate surface area is 174 Å². The highest BCUT2D eigenvalue weighted by atomic mass is 16.3. The molecule has 1 aliphatic heterocycles. The summed E-state index contributed by atoms with van der Waals surface area (Å²) in [5, 5.41) is 10.1. The van der Waals surface area contributed by atoms with Gasteiger partial charge in [0.1, 0.15) is 5.76 Å². The third-order valence-electron chi connectivity index (χ3n) is 6.22. The normalized spacial score (nSPS) is 24.3. The second-order valence-corrected chi connectivity index (χ2v) is 8.44. The van der Waals surface area contributed by atoms with E-state index in [2.05, 4.69) is 27.8 Å². The van der Waals surface area contributed by atoms with E-state index in [0.717, 1.165) is 44.1 Å². The van der Waals surface area contributed by atoms with Gasteiger partial charge in [-0.3, -0.25) is 14.7 Å². The van der Waals surface area contributed by atoms with E-state index in [4.69, 9.17) is 9.41 Å². The fraction of sp³-hybridized carbons (Fsp3) is 0.727. The molecule has 2 heterocycles. The molecule has 1 amide bonds. The van der Waals surface area contributed by atoms with Crippen molar-refractivity contribution in [1.29, 1.82) is 0 Å². The molecule has 7 heteroatoms. The minimum Gasteiger partial charge on any atom is -0.469 e. The maximum Gasteiger partial charge on any atom is 0.233 e. The number of nitrogens with zero attached hydrogens (tertiary/aromatic N) is 2. The zero-order chi connectivity index (χ0) is 20.5. The number of amides is 1. The van der Waals surface area contributed by atoms with E-state index in [1.54, 1.807) is 13.3 Å². The lowest BCUT2D eigenvalue weighted by atomic mass is 9.86. The van der Waals surface area contributed by atoms with Gasteiger partial charge >= 0.3 is 0 Å². The summed E-state index contributed by atoms with van der Waals surface area (Å²) in [4.78, 5) is 18.7. The van der Waals surface area contributed by atoms with E-state index < -0.39 is 0 Å². The number of hydrogen-bond acceptors (Lipinski definition) is 4. The molecule has 1 aliphatic carbocycles. The van der Waals surface area contributed by atoms with Gasteiger partial charge in [0.05, 0.1) is 12.8 Å². The smallest absolute Gasteiger partial charge is 0.233 e. The summed E-state index contributed by atoms with van der Waals surface area (Å²) in [6.07, 6.45) is 9.70. The predicted molar refractivity (Wildman–Crippen MR) is 116 cm³/mol. The summed E-state index contributed by atoms with van der Waals surface area (Å²) in [6, 6.07) is 4.81. The zero-order valence-corrected chi connectivity index (χ0v) is 18.0. The lowest BCUT2D eigenvalue weighted by Gasteiger charge is -2.35. The topological polar surface area (TPSA) is 81.9 Å². The molecule has 2 aliphatic rings. The molecule has 29 heavy (non-hydrogen) atoms. The Morgan fingerprint density at radius 1 is 1.21 bits per heavy atom. The first kappa shape index (κ1) is 21.7. The maximum absolute atomic E-state index is 11.6. The van der Waals surface area contributed by atoms with Gasteiger partial charge in [0.2, 0.25) is 5.91 Å². The van der Waals surface area contributed by atoms with E-state index in [9.17, 15) is 4.79 Å². The number of piperidine rings is 1. The summed E-state index contributed by atoms with van der Waals surface area (Å²) < 4.78 is 5.44. The van der Waals surface area contributed by atoms with Crippen molar-refractivity contribution >= 4 is 11.9 Å². The van der Waals surface area contributed by atoms with Crippen LogP contribution < -0.4 is 16.0 Å². The van der Waals surface area contributed by atoms with Crippen molar-refractivity contribution in [2.24, 2.45) is 10.9 Å². The molecule has 0 radical (unpaired) electrons. The van der Waals surface area contributed by atoms with Crippen LogP contribution in [-0.4, -0.2) is 62.1 Å². The van der Waals surface area contributed by atoms with E-state index >= 15 is 0 Å². The van der Waals surface area contributed by atoms with Gasteiger partial charge < -0.3 is 20.4 Å². The van der Waals surface area contributed by atoms with Crippen molar-refractivity contribution in [2.75, 3.05) is 33.2 Å². The van der Waals surface area contributed by atoms with E-state index in [1.165, 1.54) is 25.7 Å². The lowest BCUT2D eigenvalue weighted by molar-refractivity contribution is -0.122. The van der Waals surface area contributed by atoms with Gasteiger partial charge in [-0.15, -0.1) is 0 Å². The number of rotatable bonds is 7. The van der Waals surface area contributed by atoms with Gasteiger partial charge in [-0.2, -0.15) is 0 Å². The Bertz CT molecular complexity index is 638. The Hall–Kier alpha value is -2.02. The second-order valence-electron chi connectivity index (χ2n) is 8.44. The summed E-state index contributed by atoms with van der Waals surface area (Å²) in [5.74, 6) is 2.67. The van der Waals surface area contributed by atoms with Crippen LogP contribution in [0.3, 0.4) is 0 Å². The molecule has 2 atom stereocenters. The number of likely N-dealkylation sites (tertiary alicyclic amines) is 1. The van der Waals surface area contributed by atoms with Crippen LogP contribution in [0.4, 0.5) is 0 Å². The molecule has 0 aromatic carbocycles. The van der Waals surface area contributed by atoms with Gasteiger partial charge in [-0.25, -0.2) is 0 Å². The number of hydrogen-bond donors (Lipinski definition) is 3. The molecule has 0 bridgehead atoms. The van der Waals surface area contributed by atoms with Gasteiger partial charge in [-0.05, 0) is 43.7 Å². The average molecular weight is 404 g/mol. The van der Waals surface area contributed by atoms with Crippen molar-refractivity contribution in [3.63, 3.8) is 0 Å². The average Bonchev–Trinajstić information content (AvgIpc) is 3.24. The van der Waals surface area contributed by atoms with Crippen molar-refractivity contribution < 1.29 is 9.21 Å². The molecule has 3 N–H and O–H groups in total. The Morgan fingerprint density at radius 2 is 2.00 bits per heavy atom. The van der Waals surface area contributed by atoms with Crippen LogP contribution in [0.25, 0.3) is 0 Å². The summed E-state index contributed by atoms with van der Waals surface area (Å²) in [6.45, 7) is 5.41. The minimum atomic E-state index is 0.0875. The molecule has 1 saturated heterocycles. The number of nitrogens with one attached hydrogen (secondary N) is 3. The zero-order valence-electron chi connectivity index (χ0n) is 18.0. The molecule has 162 valence electrons. The van der Waals surface area contributed by atoms with E-state index in [-0.39, 0.29) is 5.91 Å². The Morgan fingerprint density at radius 3 is 2.69 bits per heavy atom. The van der Waals surface area contributed by atoms with Crippen LogP contribution in [0, 0.1) is 5.92 Å². The standard InChI is InChI=1S/C22H37N5O2/c1-17-6-3-4-8-20(17)26-22(24-12-9-19-7-5-15-29-19)25-18-10-13-27(14-11-18)16-21(28)23-2/h5,7,15,17-18,20H,3-4,6,8-14,16H2,1-2H3,(H,23,28)(H2,24,25,26). The monoisotopic (exact) mass is 403 g/mol. The molecule has 1 saturated carbocycles. The SMILES string of the molecule is CNC(=O)CN1CCC(NC(=NCCc2ccco2)NC2CCCCC2C)CC1. The molecule has 2 unspecified atom stereocenters. The van der Waals surface area contributed by atoms with Crippen molar-refractivity contribution in [3.8, 4) is 0 Å². The maximum atomic E-state index is 11.6. The molecule has 7 nitrogen and oxygen atoms in total. The Balaban J connectivity index is 1.53. The first-order valence-electron chi connectivity index (χ1n) is 11.2. The number of carbonyl (C=O) groups excluding carboxylic acids is 1. The van der Waals surface area contributed by atoms with Crippen LogP contribution in [0.15, 0.2) is 27.8 Å². The number of aliphatic imine (C=N–C) groups is 1. The molecule has 2 fully saturated rings.